The zero-order valence-electron chi connectivity index (χ0n) is 11.5. The highest BCUT2D eigenvalue weighted by Gasteiger charge is 2.23. The third-order valence-corrected chi connectivity index (χ3v) is 3.45. The Kier molecular flexibility index (Phi) is 7.07. The highest BCUT2D eigenvalue weighted by Crippen LogP contribution is 2.10. The summed E-state index contributed by atoms with van der Waals surface area (Å²) in [6.07, 6.45) is -0.560. The number of nitrogens with zero attached hydrogens (tertiary/aromatic N) is 1. The van der Waals surface area contributed by atoms with Crippen molar-refractivity contribution in [2.75, 3.05) is 26.2 Å². The molecule has 0 saturated carbocycles. The van der Waals surface area contributed by atoms with Gasteiger partial charge in [0.2, 0.25) is 6.29 Å². The van der Waals surface area contributed by atoms with Gasteiger partial charge < -0.3 is 14.3 Å². The van der Waals surface area contributed by atoms with E-state index in [2.05, 4.69) is 27.4 Å². The average Bonchev–Trinajstić information content (AvgIpc) is 2.31. The van der Waals surface area contributed by atoms with E-state index in [1.165, 1.54) is 0 Å². The Morgan fingerprint density at radius 1 is 1.29 bits per heavy atom. The van der Waals surface area contributed by atoms with Gasteiger partial charge in [0, 0.05) is 5.57 Å². The standard InChI is InChI=1S/C13H26NO3/c1-6-14(7-2,8-3)10-9-12(15)17-13(16)11(4)5/h12,15H,4,6-10H2,1-3,5H3/q+1. The van der Waals surface area contributed by atoms with Gasteiger partial charge in [0.15, 0.2) is 0 Å². The SMILES string of the molecule is C=C(C)C(=O)OC(O)CC[N+](CC)(CC)CC. The smallest absolute Gasteiger partial charge is 0.335 e. The summed E-state index contributed by atoms with van der Waals surface area (Å²) in [4.78, 5) is 11.2. The average molecular weight is 244 g/mol. The van der Waals surface area contributed by atoms with Crippen molar-refractivity contribution in [2.24, 2.45) is 0 Å². The Balaban J connectivity index is 4.18. The highest BCUT2D eigenvalue weighted by molar-refractivity contribution is 5.86. The van der Waals surface area contributed by atoms with Gasteiger partial charge in [0.1, 0.15) is 0 Å². The minimum absolute atomic E-state index is 0.311. The monoisotopic (exact) mass is 244 g/mol. The summed E-state index contributed by atoms with van der Waals surface area (Å²) in [6, 6.07) is 0. The normalized spacial score (nSPS) is 13.2. The van der Waals surface area contributed by atoms with E-state index in [1.54, 1.807) is 6.92 Å². The first-order valence-corrected chi connectivity index (χ1v) is 6.30. The Labute approximate surface area is 104 Å². The predicted octanol–water partition coefficient (Wildman–Crippen LogP) is 1.69. The number of rotatable bonds is 8. The van der Waals surface area contributed by atoms with E-state index in [1.807, 2.05) is 0 Å². The summed E-state index contributed by atoms with van der Waals surface area (Å²) >= 11 is 0. The Bertz CT molecular complexity index is 251. The van der Waals surface area contributed by atoms with Crippen molar-refractivity contribution in [1.82, 2.24) is 0 Å². The van der Waals surface area contributed by atoms with Gasteiger partial charge in [-0.25, -0.2) is 4.79 Å². The number of aliphatic hydroxyl groups excluding tert-OH is 1. The second-order valence-corrected chi connectivity index (χ2v) is 4.44. The fourth-order valence-corrected chi connectivity index (χ4v) is 1.81. The molecule has 1 unspecified atom stereocenters. The number of hydrogen-bond donors (Lipinski definition) is 1. The molecule has 100 valence electrons. The molecule has 0 rings (SSSR count). The van der Waals surface area contributed by atoms with E-state index in [9.17, 15) is 9.90 Å². The second-order valence-electron chi connectivity index (χ2n) is 4.44. The zero-order valence-corrected chi connectivity index (χ0v) is 11.5. The van der Waals surface area contributed by atoms with Gasteiger partial charge in [-0.1, -0.05) is 6.58 Å². The minimum atomic E-state index is -1.03. The largest absolute Gasteiger partial charge is 0.432 e. The third-order valence-electron chi connectivity index (χ3n) is 3.45. The third kappa shape index (κ3) is 5.33. The van der Waals surface area contributed by atoms with Crippen molar-refractivity contribution >= 4 is 5.97 Å². The van der Waals surface area contributed by atoms with Crippen LogP contribution in [-0.2, 0) is 9.53 Å². The molecule has 0 bridgehead atoms. The fraction of sp³-hybridized carbons (Fsp3) is 0.769. The van der Waals surface area contributed by atoms with Crippen LogP contribution in [0.3, 0.4) is 0 Å². The molecule has 0 radical (unpaired) electrons. The lowest BCUT2D eigenvalue weighted by Crippen LogP contribution is -2.49. The van der Waals surface area contributed by atoms with Crippen molar-refractivity contribution in [3.8, 4) is 0 Å². The first-order chi connectivity index (χ1) is 7.90. The molecule has 0 amide bonds. The van der Waals surface area contributed by atoms with Gasteiger partial charge in [-0.3, -0.25) is 0 Å². The van der Waals surface area contributed by atoms with Crippen LogP contribution < -0.4 is 0 Å². The number of carbonyl (C=O) groups is 1. The van der Waals surface area contributed by atoms with Gasteiger partial charge in [0.25, 0.3) is 0 Å². The molecule has 0 aliphatic carbocycles. The van der Waals surface area contributed by atoms with Gasteiger partial charge in [-0.2, -0.15) is 0 Å². The molecule has 0 aliphatic rings. The molecule has 0 aliphatic heterocycles. The first-order valence-electron chi connectivity index (χ1n) is 6.30. The molecule has 0 aromatic rings. The van der Waals surface area contributed by atoms with E-state index in [0.717, 1.165) is 30.7 Å². The van der Waals surface area contributed by atoms with Crippen LogP contribution >= 0.6 is 0 Å². The predicted molar refractivity (Wildman–Crippen MR) is 68.3 cm³/mol. The van der Waals surface area contributed by atoms with Crippen LogP contribution in [-0.4, -0.2) is 48.0 Å². The van der Waals surface area contributed by atoms with E-state index in [0.29, 0.717) is 12.0 Å². The number of hydrogen-bond acceptors (Lipinski definition) is 3. The molecule has 0 spiro atoms. The van der Waals surface area contributed by atoms with Crippen LogP contribution in [0.1, 0.15) is 34.1 Å². The van der Waals surface area contributed by atoms with E-state index >= 15 is 0 Å². The summed E-state index contributed by atoms with van der Waals surface area (Å²) in [5.41, 5.74) is 0.311. The van der Waals surface area contributed by atoms with Crippen LogP contribution in [0.2, 0.25) is 0 Å². The number of esters is 1. The van der Waals surface area contributed by atoms with Gasteiger partial charge in [-0.05, 0) is 27.7 Å². The molecule has 1 N–H and O–H groups in total. The molecule has 4 nitrogen and oxygen atoms in total. The zero-order chi connectivity index (χ0) is 13.5. The number of quaternary nitrogens is 1. The maximum Gasteiger partial charge on any atom is 0.335 e. The summed E-state index contributed by atoms with van der Waals surface area (Å²) in [7, 11) is 0. The number of aliphatic hydroxyl groups is 1. The maximum absolute atomic E-state index is 11.2. The van der Waals surface area contributed by atoms with Gasteiger partial charge in [-0.15, -0.1) is 0 Å². The Morgan fingerprint density at radius 2 is 1.76 bits per heavy atom. The molecule has 4 heteroatoms. The van der Waals surface area contributed by atoms with Crippen molar-refractivity contribution in [3.63, 3.8) is 0 Å². The van der Waals surface area contributed by atoms with Crippen LogP contribution in [0, 0.1) is 0 Å². The maximum atomic E-state index is 11.2. The van der Waals surface area contributed by atoms with Crippen molar-refractivity contribution in [1.29, 1.82) is 0 Å². The molecule has 0 aromatic heterocycles. The molecular formula is C13H26NO3+. The highest BCUT2D eigenvalue weighted by atomic mass is 16.6. The summed E-state index contributed by atoms with van der Waals surface area (Å²) in [5.74, 6) is -0.528. The Hall–Kier alpha value is -0.870. The van der Waals surface area contributed by atoms with Crippen LogP contribution in [0.25, 0.3) is 0 Å². The van der Waals surface area contributed by atoms with Gasteiger partial charge in [0.05, 0.1) is 32.6 Å². The number of ether oxygens (including phenoxy) is 1. The number of carbonyl (C=O) groups excluding carboxylic acids is 1. The van der Waals surface area contributed by atoms with Crippen LogP contribution in [0.15, 0.2) is 12.2 Å². The molecule has 0 fully saturated rings. The second kappa shape index (κ2) is 7.45. The Morgan fingerprint density at radius 3 is 2.12 bits per heavy atom. The van der Waals surface area contributed by atoms with Crippen LogP contribution in [0.5, 0.6) is 0 Å². The lowest BCUT2D eigenvalue weighted by Gasteiger charge is -2.36. The molecule has 17 heavy (non-hydrogen) atoms. The van der Waals surface area contributed by atoms with Crippen LogP contribution in [0.4, 0.5) is 0 Å². The fourth-order valence-electron chi connectivity index (χ4n) is 1.81. The van der Waals surface area contributed by atoms with E-state index < -0.39 is 12.3 Å². The lowest BCUT2D eigenvalue weighted by molar-refractivity contribution is -0.924. The van der Waals surface area contributed by atoms with Crippen molar-refractivity contribution in [3.05, 3.63) is 12.2 Å². The topological polar surface area (TPSA) is 46.5 Å². The first kappa shape index (κ1) is 16.1. The van der Waals surface area contributed by atoms with Crippen molar-refractivity contribution < 1.29 is 19.1 Å². The lowest BCUT2D eigenvalue weighted by atomic mass is 10.2. The molecule has 0 heterocycles. The molecule has 0 saturated heterocycles. The van der Waals surface area contributed by atoms with Gasteiger partial charge >= 0.3 is 5.97 Å². The van der Waals surface area contributed by atoms with E-state index in [4.69, 9.17) is 4.74 Å². The summed E-state index contributed by atoms with van der Waals surface area (Å²) in [6.45, 7) is 15.3. The summed E-state index contributed by atoms with van der Waals surface area (Å²) in [5, 5.41) is 9.62. The molecule has 0 aromatic carbocycles. The molecule has 1 atom stereocenters. The van der Waals surface area contributed by atoms with E-state index in [-0.39, 0.29) is 0 Å². The van der Waals surface area contributed by atoms with Crippen molar-refractivity contribution in [2.45, 2.75) is 40.4 Å². The quantitative estimate of drug-likeness (QED) is 0.306. The summed E-state index contributed by atoms with van der Waals surface area (Å²) < 4.78 is 5.78. The molecular weight excluding hydrogens is 218 g/mol. The minimum Gasteiger partial charge on any atom is -0.432 e.